The van der Waals surface area contributed by atoms with Gasteiger partial charge < -0.3 is 4.74 Å². The number of benzene rings is 1. The van der Waals surface area contributed by atoms with Crippen molar-refractivity contribution in [2.45, 2.75) is 45.2 Å². The maximum atomic E-state index is 11.6. The Labute approximate surface area is 110 Å². The van der Waals surface area contributed by atoms with E-state index in [9.17, 15) is 4.79 Å². The Morgan fingerprint density at radius 3 is 2.50 bits per heavy atom. The molecule has 100 valence electrons. The van der Waals surface area contributed by atoms with Crippen molar-refractivity contribution in [3.05, 3.63) is 35.9 Å². The molecule has 0 fully saturated rings. The first-order valence-corrected chi connectivity index (χ1v) is 6.36. The summed E-state index contributed by atoms with van der Waals surface area (Å²) in [5, 5.41) is 3.30. The number of carbonyl (C=O) groups is 1. The number of carbonyl (C=O) groups excluding carboxylic acids is 1. The fourth-order valence-corrected chi connectivity index (χ4v) is 2.03. The van der Waals surface area contributed by atoms with Crippen LogP contribution in [0.5, 0.6) is 0 Å². The third-order valence-corrected chi connectivity index (χ3v) is 3.01. The molecule has 18 heavy (non-hydrogen) atoms. The topological polar surface area (TPSA) is 38.3 Å². The maximum Gasteiger partial charge on any atom is 0.325 e. The number of rotatable bonds is 6. The summed E-state index contributed by atoms with van der Waals surface area (Å²) in [5.74, 6) is -0.228. The van der Waals surface area contributed by atoms with Crippen molar-refractivity contribution >= 4 is 5.97 Å². The number of esters is 1. The Morgan fingerprint density at radius 2 is 1.94 bits per heavy atom. The van der Waals surface area contributed by atoms with Crippen molar-refractivity contribution in [1.82, 2.24) is 5.32 Å². The highest BCUT2D eigenvalue weighted by Gasteiger charge is 2.29. The van der Waals surface area contributed by atoms with E-state index in [0.717, 1.165) is 12.8 Å². The van der Waals surface area contributed by atoms with Crippen molar-refractivity contribution in [1.29, 1.82) is 0 Å². The number of hydrogen-bond acceptors (Lipinski definition) is 3. The second-order valence-electron chi connectivity index (χ2n) is 5.19. The van der Waals surface area contributed by atoms with Crippen LogP contribution in [0.4, 0.5) is 0 Å². The van der Waals surface area contributed by atoms with E-state index in [1.54, 1.807) is 0 Å². The lowest BCUT2D eigenvalue weighted by atomic mass is 10.0. The zero-order valence-electron chi connectivity index (χ0n) is 11.7. The molecule has 3 heteroatoms. The normalized spacial score (nSPS) is 13.1. The number of methoxy groups -OCH3 is 1. The van der Waals surface area contributed by atoms with Gasteiger partial charge in [-0.1, -0.05) is 30.3 Å². The summed E-state index contributed by atoms with van der Waals surface area (Å²) in [4.78, 5) is 11.6. The van der Waals surface area contributed by atoms with Crippen LogP contribution in [-0.4, -0.2) is 24.7 Å². The average Bonchev–Trinajstić information content (AvgIpc) is 2.36. The van der Waals surface area contributed by atoms with Gasteiger partial charge in [-0.05, 0) is 39.2 Å². The first-order valence-electron chi connectivity index (χ1n) is 6.36. The Balaban J connectivity index is 2.42. The molecule has 0 aliphatic heterocycles. The summed E-state index contributed by atoms with van der Waals surface area (Å²) in [5.41, 5.74) is 0.687. The van der Waals surface area contributed by atoms with Gasteiger partial charge in [0.05, 0.1) is 7.11 Å². The Morgan fingerprint density at radius 1 is 1.33 bits per heavy atom. The van der Waals surface area contributed by atoms with E-state index >= 15 is 0 Å². The first kappa shape index (κ1) is 14.7. The maximum absolute atomic E-state index is 11.6. The summed E-state index contributed by atoms with van der Waals surface area (Å²) in [7, 11) is 1.42. The molecule has 1 aromatic rings. The molecule has 3 nitrogen and oxygen atoms in total. The molecule has 0 saturated carbocycles. The van der Waals surface area contributed by atoms with E-state index in [-0.39, 0.29) is 12.0 Å². The minimum Gasteiger partial charge on any atom is -0.468 e. The van der Waals surface area contributed by atoms with E-state index in [4.69, 9.17) is 4.74 Å². The molecule has 0 saturated heterocycles. The second-order valence-corrected chi connectivity index (χ2v) is 5.19. The van der Waals surface area contributed by atoms with E-state index in [2.05, 4.69) is 24.4 Å². The highest BCUT2D eigenvalue weighted by Crippen LogP contribution is 2.10. The van der Waals surface area contributed by atoms with Gasteiger partial charge in [-0.3, -0.25) is 10.1 Å². The summed E-state index contributed by atoms with van der Waals surface area (Å²) < 4.78 is 4.78. The molecule has 1 N–H and O–H groups in total. The molecule has 1 unspecified atom stereocenters. The first-order chi connectivity index (χ1) is 8.45. The third kappa shape index (κ3) is 4.49. The van der Waals surface area contributed by atoms with Gasteiger partial charge in [0.2, 0.25) is 0 Å². The van der Waals surface area contributed by atoms with Crippen molar-refractivity contribution < 1.29 is 9.53 Å². The van der Waals surface area contributed by atoms with Crippen LogP contribution in [0.1, 0.15) is 32.8 Å². The lowest BCUT2D eigenvalue weighted by molar-refractivity contribution is -0.147. The molecule has 0 aromatic heterocycles. The van der Waals surface area contributed by atoms with E-state index in [1.807, 2.05) is 32.0 Å². The van der Waals surface area contributed by atoms with Crippen LogP contribution < -0.4 is 5.32 Å². The molecule has 1 atom stereocenters. The quantitative estimate of drug-likeness (QED) is 0.787. The Bertz CT molecular complexity index is 373. The zero-order valence-corrected chi connectivity index (χ0v) is 11.7. The smallest absolute Gasteiger partial charge is 0.325 e. The van der Waals surface area contributed by atoms with Gasteiger partial charge in [0.1, 0.15) is 5.54 Å². The monoisotopic (exact) mass is 249 g/mol. The van der Waals surface area contributed by atoms with Gasteiger partial charge in [-0.2, -0.15) is 0 Å². The summed E-state index contributed by atoms with van der Waals surface area (Å²) in [6, 6.07) is 10.6. The fourth-order valence-electron chi connectivity index (χ4n) is 2.03. The highest BCUT2D eigenvalue weighted by molar-refractivity contribution is 5.79. The summed E-state index contributed by atoms with van der Waals surface area (Å²) in [6.45, 7) is 5.78. The number of nitrogens with one attached hydrogen (secondary N) is 1. The van der Waals surface area contributed by atoms with Gasteiger partial charge in [0.15, 0.2) is 0 Å². The molecule has 0 heterocycles. The van der Waals surface area contributed by atoms with Gasteiger partial charge in [0.25, 0.3) is 0 Å². The predicted molar refractivity (Wildman–Crippen MR) is 73.5 cm³/mol. The molecule has 0 bridgehead atoms. The van der Waals surface area contributed by atoms with Crippen LogP contribution in [0.25, 0.3) is 0 Å². The van der Waals surface area contributed by atoms with Gasteiger partial charge in [-0.15, -0.1) is 0 Å². The minimum absolute atomic E-state index is 0.228. The molecule has 0 radical (unpaired) electrons. The predicted octanol–water partition coefficient (Wildman–Crippen LogP) is 2.55. The number of hydrogen-bond donors (Lipinski definition) is 1. The van der Waals surface area contributed by atoms with Crippen LogP contribution in [0, 0.1) is 0 Å². The zero-order chi connectivity index (χ0) is 13.6. The van der Waals surface area contributed by atoms with Crippen molar-refractivity contribution in [2.24, 2.45) is 0 Å². The minimum atomic E-state index is -0.634. The standard InChI is InChI=1S/C15H23NO2/c1-12(16-15(2,3)14(17)18-4)10-11-13-8-6-5-7-9-13/h5-9,12,16H,10-11H2,1-4H3. The van der Waals surface area contributed by atoms with E-state index < -0.39 is 5.54 Å². The lowest BCUT2D eigenvalue weighted by Gasteiger charge is -2.27. The van der Waals surface area contributed by atoms with E-state index in [1.165, 1.54) is 12.7 Å². The highest BCUT2D eigenvalue weighted by atomic mass is 16.5. The van der Waals surface area contributed by atoms with Gasteiger partial charge in [0, 0.05) is 6.04 Å². The molecular weight excluding hydrogens is 226 g/mol. The SMILES string of the molecule is COC(=O)C(C)(C)NC(C)CCc1ccccc1. The number of ether oxygens (including phenoxy) is 1. The second kappa shape index (κ2) is 6.55. The fraction of sp³-hybridized carbons (Fsp3) is 0.533. The molecule has 1 rings (SSSR count). The Kier molecular flexibility index (Phi) is 5.35. The molecule has 0 amide bonds. The van der Waals surface area contributed by atoms with E-state index in [0.29, 0.717) is 0 Å². The summed E-state index contributed by atoms with van der Waals surface area (Å²) in [6.07, 6.45) is 2.00. The molecule has 1 aromatic carbocycles. The van der Waals surface area contributed by atoms with Crippen molar-refractivity contribution in [2.75, 3.05) is 7.11 Å². The van der Waals surface area contributed by atoms with Crippen LogP contribution in [0.15, 0.2) is 30.3 Å². The largest absolute Gasteiger partial charge is 0.468 e. The number of aryl methyl sites for hydroxylation is 1. The van der Waals surface area contributed by atoms with Crippen LogP contribution in [-0.2, 0) is 16.0 Å². The molecule has 0 aliphatic carbocycles. The van der Waals surface area contributed by atoms with Crippen LogP contribution in [0.2, 0.25) is 0 Å². The molecule has 0 aliphatic rings. The average molecular weight is 249 g/mol. The van der Waals surface area contributed by atoms with Crippen LogP contribution in [0.3, 0.4) is 0 Å². The molecule has 0 spiro atoms. The van der Waals surface area contributed by atoms with Gasteiger partial charge >= 0.3 is 5.97 Å². The van der Waals surface area contributed by atoms with Crippen LogP contribution >= 0.6 is 0 Å². The third-order valence-electron chi connectivity index (χ3n) is 3.01. The summed E-state index contributed by atoms with van der Waals surface area (Å²) >= 11 is 0. The van der Waals surface area contributed by atoms with Crippen molar-refractivity contribution in [3.8, 4) is 0 Å². The van der Waals surface area contributed by atoms with Crippen molar-refractivity contribution in [3.63, 3.8) is 0 Å². The lowest BCUT2D eigenvalue weighted by Crippen LogP contribution is -2.51. The van der Waals surface area contributed by atoms with Gasteiger partial charge in [-0.25, -0.2) is 0 Å². The Hall–Kier alpha value is -1.35. The molecular formula is C15H23NO2.